The van der Waals surface area contributed by atoms with Gasteiger partial charge in [-0.3, -0.25) is 9.90 Å². The second-order valence-corrected chi connectivity index (χ2v) is 8.75. The Hall–Kier alpha value is -1.94. The maximum atomic E-state index is 11.6. The van der Waals surface area contributed by atoms with E-state index in [9.17, 15) is 4.91 Å². The fourth-order valence-corrected chi connectivity index (χ4v) is 3.06. The van der Waals surface area contributed by atoms with E-state index in [2.05, 4.69) is 71.5 Å². The predicted octanol–water partition coefficient (Wildman–Crippen LogP) is 5.84. The summed E-state index contributed by atoms with van der Waals surface area (Å²) in [6.45, 7) is 17.4. The van der Waals surface area contributed by atoms with Crippen molar-refractivity contribution in [2.24, 2.45) is 5.18 Å². The Labute approximate surface area is 151 Å². The molecule has 0 radical (unpaired) electrons. The fraction of sp³-hybridized carbons (Fsp3) is 0.524. The van der Waals surface area contributed by atoms with E-state index in [0.29, 0.717) is 12.3 Å². The minimum atomic E-state index is -0.165. The van der Waals surface area contributed by atoms with Gasteiger partial charge >= 0.3 is 0 Å². The summed E-state index contributed by atoms with van der Waals surface area (Å²) in [4.78, 5) is 17.1. The molecular weight excluding hydrogens is 312 g/mol. The van der Waals surface area contributed by atoms with E-state index in [1.54, 1.807) is 5.06 Å². The van der Waals surface area contributed by atoms with Gasteiger partial charge in [-0.15, -0.1) is 4.91 Å². The number of benzene rings is 1. The number of hydroxylamine groups is 2. The molecule has 4 nitrogen and oxygen atoms in total. The van der Waals surface area contributed by atoms with E-state index in [-0.39, 0.29) is 10.8 Å². The molecule has 1 aromatic carbocycles. The van der Waals surface area contributed by atoms with Crippen LogP contribution in [-0.4, -0.2) is 18.7 Å². The summed E-state index contributed by atoms with van der Waals surface area (Å²) in [7, 11) is 1.87. The molecule has 0 unspecified atom stereocenters. The topological polar surface area (TPSA) is 41.9 Å². The first-order valence-electron chi connectivity index (χ1n) is 8.74. The third kappa shape index (κ3) is 4.18. The molecule has 1 aliphatic heterocycles. The zero-order valence-corrected chi connectivity index (χ0v) is 16.6. The fourth-order valence-electron chi connectivity index (χ4n) is 3.06. The Morgan fingerprint density at radius 3 is 2.08 bits per heavy atom. The van der Waals surface area contributed by atoms with Crippen LogP contribution in [0.25, 0.3) is 6.08 Å². The molecule has 0 amide bonds. The summed E-state index contributed by atoms with van der Waals surface area (Å²) >= 11 is 0. The number of rotatable bonds is 2. The lowest BCUT2D eigenvalue weighted by atomic mass is 9.77. The quantitative estimate of drug-likeness (QED) is 0.634. The van der Waals surface area contributed by atoms with E-state index in [1.165, 1.54) is 0 Å². The molecule has 25 heavy (non-hydrogen) atoms. The first-order valence-corrected chi connectivity index (χ1v) is 8.74. The molecule has 0 bridgehead atoms. The molecule has 136 valence electrons. The largest absolute Gasteiger partial charge is 0.273 e. The maximum absolute atomic E-state index is 11.6. The molecule has 0 aliphatic carbocycles. The van der Waals surface area contributed by atoms with Crippen LogP contribution in [0.15, 0.2) is 35.2 Å². The molecule has 0 saturated carbocycles. The van der Waals surface area contributed by atoms with Crippen molar-refractivity contribution in [1.82, 2.24) is 5.06 Å². The first kappa shape index (κ1) is 19.4. The van der Waals surface area contributed by atoms with Crippen molar-refractivity contribution in [3.63, 3.8) is 0 Å². The van der Waals surface area contributed by atoms with Crippen molar-refractivity contribution < 1.29 is 4.84 Å². The van der Waals surface area contributed by atoms with Gasteiger partial charge in [-0.25, -0.2) is 0 Å². The van der Waals surface area contributed by atoms with Gasteiger partial charge in [-0.2, -0.15) is 0 Å². The van der Waals surface area contributed by atoms with Gasteiger partial charge in [0.1, 0.15) is 5.69 Å². The average Bonchev–Trinajstić information content (AvgIpc) is 2.49. The second kappa shape index (κ2) is 6.75. The van der Waals surface area contributed by atoms with Crippen LogP contribution in [0.4, 0.5) is 5.69 Å². The van der Waals surface area contributed by atoms with Crippen molar-refractivity contribution in [2.75, 3.05) is 13.7 Å². The molecule has 2 rings (SSSR count). The van der Waals surface area contributed by atoms with Crippen molar-refractivity contribution in [2.45, 2.75) is 58.8 Å². The van der Waals surface area contributed by atoms with Crippen molar-refractivity contribution >= 4 is 11.8 Å². The molecule has 1 heterocycles. The molecular formula is C21H30N2O2. The highest BCUT2D eigenvalue weighted by Crippen LogP contribution is 2.41. The normalized spacial score (nSPS) is 18.0. The van der Waals surface area contributed by atoms with Crippen LogP contribution in [0.5, 0.6) is 0 Å². The molecule has 1 saturated heterocycles. The van der Waals surface area contributed by atoms with Crippen LogP contribution in [0.3, 0.4) is 0 Å². The van der Waals surface area contributed by atoms with Crippen LogP contribution in [0.1, 0.15) is 64.7 Å². The average molecular weight is 342 g/mol. The number of likely N-dealkylation sites (N-methyl/N-ethyl adjacent to an activating group) is 1. The molecule has 1 aliphatic rings. The summed E-state index contributed by atoms with van der Waals surface area (Å²) in [5.74, 6) is 0. The lowest BCUT2D eigenvalue weighted by molar-refractivity contribution is -0.120. The van der Waals surface area contributed by atoms with Gasteiger partial charge < -0.3 is 0 Å². The lowest BCUT2D eigenvalue weighted by Gasteiger charge is -2.29. The van der Waals surface area contributed by atoms with Gasteiger partial charge in [-0.05, 0) is 56.5 Å². The Bertz CT molecular complexity index is 683. The highest BCUT2D eigenvalue weighted by atomic mass is 16.7. The van der Waals surface area contributed by atoms with E-state index < -0.39 is 0 Å². The van der Waals surface area contributed by atoms with Gasteiger partial charge in [0.05, 0.1) is 12.3 Å². The van der Waals surface area contributed by atoms with Crippen LogP contribution in [0, 0.1) is 4.91 Å². The highest BCUT2D eigenvalue weighted by molar-refractivity contribution is 5.67. The molecule has 1 fully saturated rings. The van der Waals surface area contributed by atoms with E-state index in [4.69, 9.17) is 4.84 Å². The SMILES string of the molecule is C=C1/C(=C/c2cc(C(C)(C)C)c(N=O)c(C(C)(C)C)c2)CCON1C. The third-order valence-electron chi connectivity index (χ3n) is 4.59. The number of hydrogen-bond donors (Lipinski definition) is 0. The van der Waals surface area contributed by atoms with E-state index >= 15 is 0 Å². The Balaban J connectivity index is 2.67. The van der Waals surface area contributed by atoms with Gasteiger partial charge in [0.25, 0.3) is 0 Å². The summed E-state index contributed by atoms with van der Waals surface area (Å²) in [6, 6.07) is 4.17. The zero-order chi connectivity index (χ0) is 19.0. The van der Waals surface area contributed by atoms with Crippen LogP contribution in [-0.2, 0) is 15.7 Å². The molecule has 4 heteroatoms. The van der Waals surface area contributed by atoms with Crippen LogP contribution in [0.2, 0.25) is 0 Å². The summed E-state index contributed by atoms with van der Waals surface area (Å²) in [5, 5.41) is 5.12. The van der Waals surface area contributed by atoms with Gasteiger partial charge in [-0.1, -0.05) is 48.1 Å². The van der Waals surface area contributed by atoms with Gasteiger partial charge in [0, 0.05) is 13.5 Å². The number of nitrogens with zero attached hydrogens (tertiary/aromatic N) is 2. The number of hydrogen-bond acceptors (Lipinski definition) is 4. The Morgan fingerprint density at radius 2 is 1.64 bits per heavy atom. The third-order valence-corrected chi connectivity index (χ3v) is 4.59. The molecule has 0 spiro atoms. The summed E-state index contributed by atoms with van der Waals surface area (Å²) in [5.41, 5.74) is 5.31. The Kier molecular flexibility index (Phi) is 5.24. The maximum Gasteiger partial charge on any atom is 0.115 e. The standard InChI is InChI=1S/C21H30N2O2/c1-14-16(9-10-25-23(14)8)11-15-12-17(20(2,3)4)19(22-24)18(13-15)21(5,6)7/h11-13H,1,9-10H2,2-8H3/b16-11+. The van der Waals surface area contributed by atoms with Gasteiger partial charge in [0.15, 0.2) is 0 Å². The Morgan fingerprint density at radius 1 is 1.12 bits per heavy atom. The smallest absolute Gasteiger partial charge is 0.115 e. The van der Waals surface area contributed by atoms with Crippen LogP contribution < -0.4 is 0 Å². The molecule has 1 aromatic rings. The summed E-state index contributed by atoms with van der Waals surface area (Å²) in [6.07, 6.45) is 2.98. The molecule has 0 atom stereocenters. The highest BCUT2D eigenvalue weighted by Gasteiger charge is 2.27. The molecule has 0 N–H and O–H groups in total. The van der Waals surface area contributed by atoms with E-state index in [1.807, 2.05) is 7.05 Å². The number of nitroso groups, excluding NO2 is 1. The van der Waals surface area contributed by atoms with Gasteiger partial charge in [0.2, 0.25) is 0 Å². The zero-order valence-electron chi connectivity index (χ0n) is 16.6. The van der Waals surface area contributed by atoms with Crippen molar-refractivity contribution in [3.8, 4) is 0 Å². The van der Waals surface area contributed by atoms with Crippen molar-refractivity contribution in [1.29, 1.82) is 0 Å². The first-order chi connectivity index (χ1) is 11.4. The van der Waals surface area contributed by atoms with Crippen LogP contribution >= 0.6 is 0 Å². The second-order valence-electron chi connectivity index (χ2n) is 8.75. The van der Waals surface area contributed by atoms with Crippen molar-refractivity contribution in [3.05, 3.63) is 51.6 Å². The molecule has 0 aromatic heterocycles. The van der Waals surface area contributed by atoms with E-state index in [0.717, 1.165) is 34.4 Å². The minimum Gasteiger partial charge on any atom is -0.273 e. The predicted molar refractivity (Wildman–Crippen MR) is 105 cm³/mol. The minimum absolute atomic E-state index is 0.165. The lowest BCUT2D eigenvalue weighted by Crippen LogP contribution is -2.25. The summed E-state index contributed by atoms with van der Waals surface area (Å²) < 4.78 is 0. The number of allylic oxidation sites excluding steroid dienone is 1. The monoisotopic (exact) mass is 342 g/mol.